The van der Waals surface area contributed by atoms with Gasteiger partial charge in [-0.3, -0.25) is 11.3 Å². The topological polar surface area (TPSA) is 47.3 Å². The minimum Gasteiger partial charge on any atom is -0.378 e. The Labute approximate surface area is 122 Å². The largest absolute Gasteiger partial charge is 0.378 e. The summed E-state index contributed by atoms with van der Waals surface area (Å²) in [5, 5.41) is 0. The lowest BCUT2D eigenvalue weighted by Gasteiger charge is -2.27. The van der Waals surface area contributed by atoms with E-state index < -0.39 is 0 Å². The van der Waals surface area contributed by atoms with Crippen LogP contribution in [0.5, 0.6) is 0 Å². The first kappa shape index (κ1) is 15.5. The fourth-order valence-electron chi connectivity index (χ4n) is 3.12. The number of benzene rings is 1. The SMILES string of the molecule is CCC1OCCC1C(NN)c1ccc(C(C)(C)C)cc1. The predicted octanol–water partition coefficient (Wildman–Crippen LogP) is 3.30. The van der Waals surface area contributed by atoms with Crippen LogP contribution in [0.2, 0.25) is 0 Å². The van der Waals surface area contributed by atoms with Crippen molar-refractivity contribution < 1.29 is 4.74 Å². The third kappa shape index (κ3) is 3.22. The summed E-state index contributed by atoms with van der Waals surface area (Å²) >= 11 is 0. The molecule has 112 valence electrons. The third-order valence-corrected chi connectivity index (χ3v) is 4.41. The number of hydrazine groups is 1. The van der Waals surface area contributed by atoms with E-state index in [-0.39, 0.29) is 11.5 Å². The van der Waals surface area contributed by atoms with Gasteiger partial charge in [-0.15, -0.1) is 0 Å². The molecule has 3 N–H and O–H groups in total. The molecule has 1 aliphatic rings. The standard InChI is InChI=1S/C17H28N2O/c1-5-15-14(10-11-20-15)16(19-18)12-6-8-13(9-7-12)17(2,3)4/h6-9,14-16,19H,5,10-11,18H2,1-4H3. The van der Waals surface area contributed by atoms with Gasteiger partial charge in [-0.2, -0.15) is 0 Å². The molecule has 1 saturated heterocycles. The lowest BCUT2D eigenvalue weighted by molar-refractivity contribution is 0.0774. The average Bonchev–Trinajstić information content (AvgIpc) is 2.87. The van der Waals surface area contributed by atoms with Crippen molar-refractivity contribution in [3.63, 3.8) is 0 Å². The van der Waals surface area contributed by atoms with Crippen LogP contribution in [0.3, 0.4) is 0 Å². The lowest BCUT2D eigenvalue weighted by atomic mass is 9.83. The molecule has 1 aromatic rings. The summed E-state index contributed by atoms with van der Waals surface area (Å²) in [4.78, 5) is 0. The molecule has 20 heavy (non-hydrogen) atoms. The number of nitrogens with two attached hydrogens (primary N) is 1. The third-order valence-electron chi connectivity index (χ3n) is 4.41. The molecule has 1 heterocycles. The van der Waals surface area contributed by atoms with Crippen LogP contribution in [0.15, 0.2) is 24.3 Å². The summed E-state index contributed by atoms with van der Waals surface area (Å²) in [6, 6.07) is 9.02. The molecular weight excluding hydrogens is 248 g/mol. The minimum atomic E-state index is 0.177. The summed E-state index contributed by atoms with van der Waals surface area (Å²) < 4.78 is 5.80. The maximum atomic E-state index is 5.82. The Kier molecular flexibility index (Phi) is 4.84. The summed E-state index contributed by atoms with van der Waals surface area (Å²) in [6.07, 6.45) is 2.44. The van der Waals surface area contributed by atoms with E-state index >= 15 is 0 Å². The molecule has 0 amide bonds. The zero-order valence-corrected chi connectivity index (χ0v) is 13.1. The predicted molar refractivity (Wildman–Crippen MR) is 83.3 cm³/mol. The number of hydrogen-bond acceptors (Lipinski definition) is 3. The second-order valence-corrected chi connectivity index (χ2v) is 6.79. The van der Waals surface area contributed by atoms with Gasteiger partial charge in [-0.1, -0.05) is 52.0 Å². The van der Waals surface area contributed by atoms with Crippen molar-refractivity contribution in [2.45, 2.75) is 58.1 Å². The molecule has 3 atom stereocenters. The van der Waals surface area contributed by atoms with Crippen LogP contribution in [0, 0.1) is 5.92 Å². The number of hydrogen-bond donors (Lipinski definition) is 2. The Morgan fingerprint density at radius 2 is 1.95 bits per heavy atom. The van der Waals surface area contributed by atoms with E-state index in [9.17, 15) is 0 Å². The summed E-state index contributed by atoms with van der Waals surface area (Å²) in [5.74, 6) is 6.28. The molecule has 3 unspecified atom stereocenters. The highest BCUT2D eigenvalue weighted by Crippen LogP contribution is 2.35. The van der Waals surface area contributed by atoms with E-state index in [4.69, 9.17) is 10.6 Å². The summed E-state index contributed by atoms with van der Waals surface area (Å²) in [6.45, 7) is 9.73. The van der Waals surface area contributed by atoms with E-state index in [0.29, 0.717) is 12.0 Å². The molecule has 0 saturated carbocycles. The van der Waals surface area contributed by atoms with E-state index in [2.05, 4.69) is 57.4 Å². The fraction of sp³-hybridized carbons (Fsp3) is 0.647. The van der Waals surface area contributed by atoms with Crippen molar-refractivity contribution in [2.75, 3.05) is 6.61 Å². The van der Waals surface area contributed by atoms with Gasteiger partial charge in [0.2, 0.25) is 0 Å². The molecule has 1 fully saturated rings. The summed E-state index contributed by atoms with van der Waals surface area (Å²) in [7, 11) is 0. The second kappa shape index (κ2) is 6.25. The number of nitrogens with one attached hydrogen (secondary N) is 1. The highest BCUT2D eigenvalue weighted by atomic mass is 16.5. The minimum absolute atomic E-state index is 0.177. The van der Waals surface area contributed by atoms with Crippen LogP contribution < -0.4 is 11.3 Å². The van der Waals surface area contributed by atoms with Gasteiger partial charge < -0.3 is 4.74 Å². The summed E-state index contributed by atoms with van der Waals surface area (Å²) in [5.41, 5.74) is 5.80. The van der Waals surface area contributed by atoms with Crippen LogP contribution in [0.4, 0.5) is 0 Å². The van der Waals surface area contributed by atoms with E-state index in [1.54, 1.807) is 0 Å². The zero-order chi connectivity index (χ0) is 14.8. The van der Waals surface area contributed by atoms with Crippen molar-refractivity contribution in [3.05, 3.63) is 35.4 Å². The Morgan fingerprint density at radius 1 is 1.30 bits per heavy atom. The first-order valence-electron chi connectivity index (χ1n) is 7.65. The number of ether oxygens (including phenoxy) is 1. The molecule has 0 bridgehead atoms. The smallest absolute Gasteiger partial charge is 0.0620 e. The van der Waals surface area contributed by atoms with Crippen LogP contribution in [0.1, 0.15) is 57.7 Å². The van der Waals surface area contributed by atoms with Crippen molar-refractivity contribution in [2.24, 2.45) is 11.8 Å². The van der Waals surface area contributed by atoms with Gasteiger partial charge in [0.15, 0.2) is 0 Å². The van der Waals surface area contributed by atoms with Crippen LogP contribution in [-0.4, -0.2) is 12.7 Å². The number of rotatable bonds is 4. The first-order valence-corrected chi connectivity index (χ1v) is 7.65. The zero-order valence-electron chi connectivity index (χ0n) is 13.1. The lowest BCUT2D eigenvalue weighted by Crippen LogP contribution is -2.36. The normalized spacial score (nSPS) is 24.9. The molecule has 0 radical (unpaired) electrons. The van der Waals surface area contributed by atoms with Gasteiger partial charge in [0.05, 0.1) is 12.1 Å². The van der Waals surface area contributed by atoms with Gasteiger partial charge in [-0.25, -0.2) is 0 Å². The van der Waals surface area contributed by atoms with Gasteiger partial charge >= 0.3 is 0 Å². The maximum Gasteiger partial charge on any atom is 0.0620 e. The monoisotopic (exact) mass is 276 g/mol. The van der Waals surface area contributed by atoms with Gasteiger partial charge in [0.1, 0.15) is 0 Å². The fourth-order valence-corrected chi connectivity index (χ4v) is 3.12. The molecule has 0 spiro atoms. The Balaban J connectivity index is 2.19. The maximum absolute atomic E-state index is 5.82. The van der Waals surface area contributed by atoms with Crippen molar-refractivity contribution in [3.8, 4) is 0 Å². The molecule has 2 rings (SSSR count). The van der Waals surface area contributed by atoms with Crippen LogP contribution >= 0.6 is 0 Å². The first-order chi connectivity index (χ1) is 9.47. The molecule has 1 aromatic carbocycles. The van der Waals surface area contributed by atoms with Gasteiger partial charge in [0.25, 0.3) is 0 Å². The Bertz CT molecular complexity index is 422. The van der Waals surface area contributed by atoms with Crippen molar-refractivity contribution in [1.82, 2.24) is 5.43 Å². The molecule has 1 aliphatic heterocycles. The van der Waals surface area contributed by atoms with E-state index in [0.717, 1.165) is 19.4 Å². The molecule has 0 aromatic heterocycles. The highest BCUT2D eigenvalue weighted by Gasteiger charge is 2.34. The Hall–Kier alpha value is -0.900. The quantitative estimate of drug-likeness (QED) is 0.655. The van der Waals surface area contributed by atoms with E-state index in [1.807, 2.05) is 0 Å². The highest BCUT2D eigenvalue weighted by molar-refractivity contribution is 5.29. The molecular formula is C17H28N2O. The van der Waals surface area contributed by atoms with Gasteiger partial charge in [0, 0.05) is 12.5 Å². The Morgan fingerprint density at radius 3 is 2.45 bits per heavy atom. The van der Waals surface area contributed by atoms with Crippen molar-refractivity contribution in [1.29, 1.82) is 0 Å². The molecule has 3 nitrogen and oxygen atoms in total. The van der Waals surface area contributed by atoms with Crippen molar-refractivity contribution >= 4 is 0 Å². The second-order valence-electron chi connectivity index (χ2n) is 6.79. The molecule has 0 aliphatic carbocycles. The van der Waals surface area contributed by atoms with Crippen LogP contribution in [0.25, 0.3) is 0 Å². The molecule has 3 heteroatoms. The average molecular weight is 276 g/mol. The van der Waals surface area contributed by atoms with Crippen LogP contribution in [-0.2, 0) is 10.2 Å². The van der Waals surface area contributed by atoms with E-state index in [1.165, 1.54) is 11.1 Å². The van der Waals surface area contributed by atoms with Gasteiger partial charge in [-0.05, 0) is 29.4 Å².